The molecule has 5 rings (SSSR count). The van der Waals surface area contributed by atoms with Crippen molar-refractivity contribution in [3.05, 3.63) is 0 Å². The van der Waals surface area contributed by atoms with Gasteiger partial charge in [0, 0.05) is 5.97 Å². The Hall–Kier alpha value is 0.295. The zero-order valence-corrected chi connectivity index (χ0v) is 18.9. The van der Waals surface area contributed by atoms with Crippen LogP contribution in [0.15, 0.2) is 0 Å². The number of aliphatic carboxylic acids is 1. The maximum atomic E-state index is 11.3. The Morgan fingerprint density at radius 1 is 0.600 bits per heavy atom. The fourth-order valence-corrected chi connectivity index (χ4v) is 8.43. The summed E-state index contributed by atoms with van der Waals surface area (Å²) < 4.78 is 0. The first-order valence-corrected chi connectivity index (χ1v) is 11.7. The van der Waals surface area contributed by atoms with Crippen LogP contribution in [-0.4, -0.2) is 17.7 Å². The second-order valence-electron chi connectivity index (χ2n) is 11.0. The topological polar surface area (TPSA) is 87.2 Å². The van der Waals surface area contributed by atoms with Gasteiger partial charge in [-0.15, -0.1) is 5.92 Å². The molecule has 5 fully saturated rings. The number of rotatable bonds is 2. The molecular formula is C24H35Li2O4-. The monoisotopic (exact) mass is 401 g/mol. The second-order valence-corrected chi connectivity index (χ2v) is 11.0. The van der Waals surface area contributed by atoms with Gasteiger partial charge in [0.2, 0.25) is 0 Å². The first kappa shape index (κ1) is 26.5. The van der Waals surface area contributed by atoms with E-state index in [4.69, 9.17) is 0 Å². The number of hydrogen-bond acceptors (Lipinski definition) is 4. The molecular weight excluding hydrogens is 366 g/mol. The zero-order valence-electron chi connectivity index (χ0n) is 18.9. The van der Waals surface area contributed by atoms with Crippen molar-refractivity contribution >= 4 is 12.3 Å². The van der Waals surface area contributed by atoms with E-state index in [0.717, 1.165) is 73.5 Å². The normalized spacial score (nSPS) is 46.7. The van der Waals surface area contributed by atoms with E-state index in [-0.39, 0.29) is 55.0 Å². The van der Waals surface area contributed by atoms with Gasteiger partial charge in [0.15, 0.2) is 0 Å². The van der Waals surface area contributed by atoms with E-state index < -0.39 is 5.97 Å². The molecule has 0 saturated heterocycles. The van der Waals surface area contributed by atoms with E-state index >= 15 is 0 Å². The maximum Gasteiger partial charge on any atom is 1.00 e. The summed E-state index contributed by atoms with van der Waals surface area (Å²) in [5.41, 5.74) is 0. The molecule has 0 amide bonds. The Labute approximate surface area is 205 Å². The van der Waals surface area contributed by atoms with E-state index in [1.54, 1.807) is 0 Å². The maximum absolute atomic E-state index is 11.3. The van der Waals surface area contributed by atoms with Gasteiger partial charge in [0.25, 0.3) is 0 Å². The Morgan fingerprint density at radius 3 is 1.47 bits per heavy atom. The first-order valence-electron chi connectivity index (χ1n) is 11.7. The third kappa shape index (κ3) is 5.10. The number of fused-ring (bicyclic) bond motifs is 4. The predicted molar refractivity (Wildman–Crippen MR) is 103 cm³/mol. The molecule has 30 heavy (non-hydrogen) atoms. The SMILES string of the molecule is O=[C-]C1CCC2CC3CC4CC5CC(C(=O)[O-])CCC5CC4CC3CC2C1.[Li+].[Li+].[OH-]. The van der Waals surface area contributed by atoms with Crippen LogP contribution in [0.1, 0.15) is 77.0 Å². The summed E-state index contributed by atoms with van der Waals surface area (Å²) in [6, 6.07) is 0. The third-order valence-electron chi connectivity index (χ3n) is 9.75. The molecule has 6 heteroatoms. The molecule has 5 aliphatic carbocycles. The molecule has 5 aliphatic rings. The average Bonchev–Trinajstić information content (AvgIpc) is 2.68. The molecule has 1 N–H and O–H groups in total. The molecule has 0 spiro atoms. The molecule has 0 bridgehead atoms. The number of hydrogen-bond donors (Lipinski definition) is 0. The Balaban J connectivity index is 0.00000107. The van der Waals surface area contributed by atoms with Crippen LogP contribution in [0.5, 0.6) is 0 Å². The second kappa shape index (κ2) is 10.9. The quantitative estimate of drug-likeness (QED) is 0.381. The summed E-state index contributed by atoms with van der Waals surface area (Å²) in [7, 11) is 0. The molecule has 0 aromatic heterocycles. The summed E-state index contributed by atoms with van der Waals surface area (Å²) in [6.07, 6.45) is 16.8. The van der Waals surface area contributed by atoms with Crippen LogP contribution in [-0.2, 0) is 9.59 Å². The fourth-order valence-electron chi connectivity index (χ4n) is 8.43. The van der Waals surface area contributed by atoms with Gasteiger partial charge in [-0.1, -0.05) is 19.3 Å². The van der Waals surface area contributed by atoms with E-state index in [2.05, 4.69) is 6.29 Å². The minimum absolute atomic E-state index is 0. The molecule has 0 aliphatic heterocycles. The van der Waals surface area contributed by atoms with Crippen molar-refractivity contribution in [3.63, 3.8) is 0 Å². The first-order chi connectivity index (χ1) is 13.1. The van der Waals surface area contributed by atoms with Crippen LogP contribution in [0, 0.1) is 59.2 Å². The van der Waals surface area contributed by atoms with Crippen molar-refractivity contribution in [1.29, 1.82) is 0 Å². The average molecular weight is 401 g/mol. The van der Waals surface area contributed by atoms with Gasteiger partial charge < -0.3 is 20.2 Å². The number of carboxylic acid groups (broad SMARTS) is 1. The van der Waals surface area contributed by atoms with Crippen LogP contribution in [0.2, 0.25) is 0 Å². The van der Waals surface area contributed by atoms with Crippen LogP contribution >= 0.6 is 0 Å². The zero-order chi connectivity index (χ0) is 18.5. The van der Waals surface area contributed by atoms with Gasteiger partial charge in [-0.3, -0.25) is 6.29 Å². The van der Waals surface area contributed by atoms with Crippen molar-refractivity contribution in [3.8, 4) is 0 Å². The van der Waals surface area contributed by atoms with Gasteiger partial charge in [-0.2, -0.15) is 0 Å². The third-order valence-corrected chi connectivity index (χ3v) is 9.75. The Morgan fingerprint density at radius 2 is 1.00 bits per heavy atom. The summed E-state index contributed by atoms with van der Waals surface area (Å²) in [5, 5.41) is 11.3. The van der Waals surface area contributed by atoms with Crippen molar-refractivity contribution in [2.75, 3.05) is 0 Å². The molecule has 0 aromatic rings. The number of carbonyl (C=O) groups is 1. The molecule has 158 valence electrons. The molecule has 0 aromatic carbocycles. The van der Waals surface area contributed by atoms with Crippen LogP contribution in [0.3, 0.4) is 0 Å². The standard InChI is InChI=1S/C24H35O3.2Li.H2O/c25-13-14-1-2-15-6-20-12-23-10-19-8-17(24(26)27)4-3-16(19)7-21(23)11-22(20)9-18(15)5-14;;;/h14-23H,1-12H2,(H,26,27);;;1H2/q-1;2*+1;/p-2. The van der Waals surface area contributed by atoms with Crippen molar-refractivity contribution in [1.82, 2.24) is 0 Å². The summed E-state index contributed by atoms with van der Waals surface area (Å²) in [5.74, 6) is 5.85. The molecule has 0 radical (unpaired) electrons. The van der Waals surface area contributed by atoms with E-state index in [1.165, 1.54) is 44.9 Å². The van der Waals surface area contributed by atoms with Gasteiger partial charge in [0.1, 0.15) is 0 Å². The van der Waals surface area contributed by atoms with Crippen LogP contribution < -0.4 is 42.8 Å². The van der Waals surface area contributed by atoms with Gasteiger partial charge in [0.05, 0.1) is 0 Å². The van der Waals surface area contributed by atoms with Crippen LogP contribution in [0.4, 0.5) is 0 Å². The number of carboxylic acids is 1. The Bertz CT molecular complexity index is 600. The summed E-state index contributed by atoms with van der Waals surface area (Å²) in [6.45, 7) is 0. The molecule has 0 heterocycles. The van der Waals surface area contributed by atoms with Crippen molar-refractivity contribution in [2.24, 2.45) is 59.2 Å². The largest absolute Gasteiger partial charge is 1.00 e. The fraction of sp³-hybridized carbons (Fsp3) is 0.917. The Kier molecular flexibility index (Phi) is 9.68. The van der Waals surface area contributed by atoms with Crippen LogP contribution in [0.25, 0.3) is 0 Å². The van der Waals surface area contributed by atoms with Gasteiger partial charge in [-0.25, -0.2) is 0 Å². The van der Waals surface area contributed by atoms with E-state index in [1.807, 2.05) is 0 Å². The molecule has 5 saturated carbocycles. The van der Waals surface area contributed by atoms with E-state index in [9.17, 15) is 14.7 Å². The molecule has 4 nitrogen and oxygen atoms in total. The molecule has 10 unspecified atom stereocenters. The van der Waals surface area contributed by atoms with Gasteiger partial charge in [-0.05, 0) is 111 Å². The molecule has 10 atom stereocenters. The predicted octanol–water partition coefficient (Wildman–Crippen LogP) is -2.41. The van der Waals surface area contributed by atoms with Crippen molar-refractivity contribution in [2.45, 2.75) is 77.0 Å². The summed E-state index contributed by atoms with van der Waals surface area (Å²) in [4.78, 5) is 22.5. The summed E-state index contributed by atoms with van der Waals surface area (Å²) >= 11 is 0. The van der Waals surface area contributed by atoms with Crippen molar-refractivity contribution < 1.29 is 57.9 Å². The minimum atomic E-state index is -0.805. The number of carbonyl (C=O) groups excluding carboxylic acids is 2. The van der Waals surface area contributed by atoms with E-state index in [0.29, 0.717) is 5.92 Å². The van der Waals surface area contributed by atoms with Gasteiger partial charge >= 0.3 is 37.7 Å². The smallest absolute Gasteiger partial charge is 0.870 e. The minimum Gasteiger partial charge on any atom is -0.870 e.